The molecule has 1 fully saturated rings. The summed E-state index contributed by atoms with van der Waals surface area (Å²) in [7, 11) is 0. The molecule has 1 aromatic carbocycles. The zero-order valence-corrected chi connectivity index (χ0v) is 14.3. The van der Waals surface area contributed by atoms with Crippen molar-refractivity contribution in [3.63, 3.8) is 0 Å². The monoisotopic (exact) mass is 359 g/mol. The zero-order valence-electron chi connectivity index (χ0n) is 14.3. The number of amides is 1. The standard InChI is InChI=1S/C18H18FN3O4/c1-2-13-16(19)17(21-9-20-13)26-12-5-6-22(8-12)18(23)11-3-4-14-15(7-11)25-10-24-14/h3-4,7,9,12H,2,5-6,8,10H2,1H3. The molecule has 7 nitrogen and oxygen atoms in total. The lowest BCUT2D eigenvalue weighted by molar-refractivity contribution is 0.0769. The molecule has 1 amide bonds. The smallest absolute Gasteiger partial charge is 0.254 e. The van der Waals surface area contributed by atoms with Gasteiger partial charge in [0.15, 0.2) is 11.5 Å². The average molecular weight is 359 g/mol. The van der Waals surface area contributed by atoms with Crippen LogP contribution in [0.1, 0.15) is 29.4 Å². The summed E-state index contributed by atoms with van der Waals surface area (Å²) in [6, 6.07) is 5.11. The van der Waals surface area contributed by atoms with Crippen LogP contribution in [0.4, 0.5) is 4.39 Å². The van der Waals surface area contributed by atoms with Crippen LogP contribution in [0.5, 0.6) is 17.4 Å². The highest BCUT2D eigenvalue weighted by molar-refractivity contribution is 5.95. The summed E-state index contributed by atoms with van der Waals surface area (Å²) in [6.07, 6.45) is 2.06. The number of rotatable bonds is 4. The van der Waals surface area contributed by atoms with Crippen molar-refractivity contribution in [2.24, 2.45) is 0 Å². The van der Waals surface area contributed by atoms with Gasteiger partial charge in [0.05, 0.1) is 12.2 Å². The van der Waals surface area contributed by atoms with Crippen LogP contribution in [0.2, 0.25) is 0 Å². The molecule has 2 aliphatic heterocycles. The minimum absolute atomic E-state index is 0.0563. The molecule has 2 aromatic rings. The van der Waals surface area contributed by atoms with E-state index in [0.29, 0.717) is 48.7 Å². The maximum absolute atomic E-state index is 14.2. The summed E-state index contributed by atoms with van der Waals surface area (Å²) in [5.74, 6) is 0.495. The van der Waals surface area contributed by atoms with Gasteiger partial charge in [0, 0.05) is 18.5 Å². The summed E-state index contributed by atoms with van der Waals surface area (Å²) in [6.45, 7) is 2.89. The van der Waals surface area contributed by atoms with Crippen LogP contribution >= 0.6 is 0 Å². The number of ether oxygens (including phenoxy) is 3. The molecular weight excluding hydrogens is 341 g/mol. The second kappa shape index (κ2) is 6.78. The fourth-order valence-electron chi connectivity index (χ4n) is 3.10. The number of hydrogen-bond acceptors (Lipinski definition) is 6. The summed E-state index contributed by atoms with van der Waals surface area (Å²) in [5, 5.41) is 0. The van der Waals surface area contributed by atoms with E-state index in [1.54, 1.807) is 23.1 Å². The predicted octanol–water partition coefficient (Wildman–Crippen LogP) is 2.20. The fraction of sp³-hybridized carbons (Fsp3) is 0.389. The number of fused-ring (bicyclic) bond motifs is 1. The molecule has 2 aliphatic rings. The van der Waals surface area contributed by atoms with E-state index in [1.807, 2.05) is 6.92 Å². The van der Waals surface area contributed by atoms with Gasteiger partial charge in [-0.25, -0.2) is 4.98 Å². The van der Waals surface area contributed by atoms with Crippen molar-refractivity contribution in [1.82, 2.24) is 14.9 Å². The van der Waals surface area contributed by atoms with E-state index >= 15 is 0 Å². The van der Waals surface area contributed by atoms with Crippen molar-refractivity contribution >= 4 is 5.91 Å². The lowest BCUT2D eigenvalue weighted by Crippen LogP contribution is -2.31. The van der Waals surface area contributed by atoms with Crippen molar-refractivity contribution < 1.29 is 23.4 Å². The number of carbonyl (C=O) groups excluding carboxylic acids is 1. The molecule has 0 N–H and O–H groups in total. The third-order valence-corrected chi connectivity index (χ3v) is 4.49. The Labute approximate surface area is 149 Å². The van der Waals surface area contributed by atoms with Gasteiger partial charge in [-0.3, -0.25) is 4.79 Å². The quantitative estimate of drug-likeness (QED) is 0.833. The third kappa shape index (κ3) is 3.02. The van der Waals surface area contributed by atoms with E-state index in [1.165, 1.54) is 6.33 Å². The second-order valence-corrected chi connectivity index (χ2v) is 6.14. The Morgan fingerprint density at radius 1 is 1.35 bits per heavy atom. The van der Waals surface area contributed by atoms with Crippen LogP contribution in [-0.4, -0.2) is 46.8 Å². The molecule has 0 spiro atoms. The van der Waals surface area contributed by atoms with Gasteiger partial charge in [-0.05, 0) is 24.6 Å². The Balaban J connectivity index is 1.43. The molecule has 0 bridgehead atoms. The van der Waals surface area contributed by atoms with E-state index in [9.17, 15) is 9.18 Å². The number of carbonyl (C=O) groups is 1. The Morgan fingerprint density at radius 3 is 3.04 bits per heavy atom. The van der Waals surface area contributed by atoms with Crippen LogP contribution in [0.15, 0.2) is 24.5 Å². The van der Waals surface area contributed by atoms with Crippen LogP contribution in [0.3, 0.4) is 0 Å². The number of likely N-dealkylation sites (tertiary alicyclic amines) is 1. The molecule has 26 heavy (non-hydrogen) atoms. The summed E-state index contributed by atoms with van der Waals surface area (Å²) in [5.41, 5.74) is 0.845. The Hall–Kier alpha value is -2.90. The second-order valence-electron chi connectivity index (χ2n) is 6.14. The molecule has 0 saturated carbocycles. The van der Waals surface area contributed by atoms with Crippen LogP contribution in [0, 0.1) is 5.82 Å². The van der Waals surface area contributed by atoms with Gasteiger partial charge >= 0.3 is 0 Å². The van der Waals surface area contributed by atoms with Crippen molar-refractivity contribution in [2.45, 2.75) is 25.9 Å². The number of hydrogen-bond donors (Lipinski definition) is 0. The maximum Gasteiger partial charge on any atom is 0.254 e. The molecule has 0 aliphatic carbocycles. The van der Waals surface area contributed by atoms with Crippen LogP contribution in [0.25, 0.3) is 0 Å². The molecule has 1 atom stereocenters. The first kappa shape index (κ1) is 16.6. The Kier molecular flexibility index (Phi) is 4.32. The number of aryl methyl sites for hydroxylation is 1. The van der Waals surface area contributed by atoms with Crippen molar-refractivity contribution in [3.8, 4) is 17.4 Å². The fourth-order valence-corrected chi connectivity index (χ4v) is 3.10. The normalized spacial score (nSPS) is 18.2. The zero-order chi connectivity index (χ0) is 18.1. The summed E-state index contributed by atoms with van der Waals surface area (Å²) in [4.78, 5) is 22.1. The lowest BCUT2D eigenvalue weighted by atomic mass is 10.2. The van der Waals surface area contributed by atoms with Crippen molar-refractivity contribution in [2.75, 3.05) is 19.9 Å². The van der Waals surface area contributed by atoms with Crippen LogP contribution < -0.4 is 14.2 Å². The predicted molar refractivity (Wildman–Crippen MR) is 88.9 cm³/mol. The highest BCUT2D eigenvalue weighted by atomic mass is 19.1. The van der Waals surface area contributed by atoms with Gasteiger partial charge in [-0.2, -0.15) is 9.37 Å². The molecule has 136 valence electrons. The average Bonchev–Trinajstić information content (AvgIpc) is 3.31. The maximum atomic E-state index is 14.2. The first-order valence-electron chi connectivity index (χ1n) is 8.50. The van der Waals surface area contributed by atoms with Gasteiger partial charge in [0.25, 0.3) is 11.8 Å². The van der Waals surface area contributed by atoms with Crippen molar-refractivity contribution in [3.05, 3.63) is 41.6 Å². The first-order valence-corrected chi connectivity index (χ1v) is 8.50. The molecule has 4 rings (SSSR count). The molecule has 0 radical (unpaired) electrons. The molecule has 3 heterocycles. The van der Waals surface area contributed by atoms with E-state index < -0.39 is 5.82 Å². The first-order chi connectivity index (χ1) is 12.7. The SMILES string of the molecule is CCc1ncnc(OC2CCN(C(=O)c3ccc4c(c3)OCO4)C2)c1F. The highest BCUT2D eigenvalue weighted by Crippen LogP contribution is 2.33. The Morgan fingerprint density at radius 2 is 2.19 bits per heavy atom. The number of halogens is 1. The minimum atomic E-state index is -0.532. The summed E-state index contributed by atoms with van der Waals surface area (Å²) >= 11 is 0. The number of aromatic nitrogens is 2. The molecule has 1 aromatic heterocycles. The largest absolute Gasteiger partial charge is 0.470 e. The highest BCUT2D eigenvalue weighted by Gasteiger charge is 2.30. The van der Waals surface area contributed by atoms with Gasteiger partial charge in [0.2, 0.25) is 12.6 Å². The van der Waals surface area contributed by atoms with Gasteiger partial charge in [-0.15, -0.1) is 0 Å². The molecule has 1 saturated heterocycles. The number of benzene rings is 1. The molecular formula is C18H18FN3O4. The van der Waals surface area contributed by atoms with Gasteiger partial charge in [0.1, 0.15) is 12.4 Å². The van der Waals surface area contributed by atoms with Gasteiger partial charge < -0.3 is 19.1 Å². The molecule has 8 heteroatoms. The molecule has 1 unspecified atom stereocenters. The Bertz CT molecular complexity index is 845. The minimum Gasteiger partial charge on any atom is -0.470 e. The number of nitrogens with zero attached hydrogens (tertiary/aromatic N) is 3. The van der Waals surface area contributed by atoms with E-state index in [2.05, 4.69) is 9.97 Å². The topological polar surface area (TPSA) is 73.8 Å². The van der Waals surface area contributed by atoms with Gasteiger partial charge in [-0.1, -0.05) is 6.92 Å². The van der Waals surface area contributed by atoms with E-state index in [0.717, 1.165) is 0 Å². The summed E-state index contributed by atoms with van der Waals surface area (Å²) < 4.78 is 30.5. The third-order valence-electron chi connectivity index (χ3n) is 4.49. The van der Waals surface area contributed by atoms with E-state index in [4.69, 9.17) is 14.2 Å². The van der Waals surface area contributed by atoms with Crippen molar-refractivity contribution in [1.29, 1.82) is 0 Å². The van der Waals surface area contributed by atoms with Crippen LogP contribution in [-0.2, 0) is 6.42 Å². The lowest BCUT2D eigenvalue weighted by Gasteiger charge is -2.17. The van der Waals surface area contributed by atoms with E-state index in [-0.39, 0.29) is 24.7 Å².